The highest BCUT2D eigenvalue weighted by atomic mass is 16.2. The predicted octanol–water partition coefficient (Wildman–Crippen LogP) is 2.74. The van der Waals surface area contributed by atoms with Crippen molar-refractivity contribution in [1.29, 1.82) is 0 Å². The first kappa shape index (κ1) is 14.1. The van der Waals surface area contributed by atoms with E-state index in [4.69, 9.17) is 0 Å². The number of carbonyl (C=O) groups is 1. The summed E-state index contributed by atoms with van der Waals surface area (Å²) in [4.78, 5) is 14.4. The number of nitrogens with one attached hydrogen (secondary N) is 1. The van der Waals surface area contributed by atoms with E-state index >= 15 is 0 Å². The maximum absolute atomic E-state index is 12.3. The van der Waals surface area contributed by atoms with E-state index in [1.807, 2.05) is 6.07 Å². The van der Waals surface area contributed by atoms with E-state index < -0.39 is 0 Å². The first-order valence-electron chi connectivity index (χ1n) is 7.38. The zero-order valence-corrected chi connectivity index (χ0v) is 11.8. The van der Waals surface area contributed by atoms with Crippen LogP contribution in [0.4, 0.5) is 0 Å². The van der Waals surface area contributed by atoms with Crippen molar-refractivity contribution in [3.8, 4) is 0 Å². The molecule has 1 aliphatic rings. The molecule has 3 nitrogen and oxygen atoms in total. The third-order valence-corrected chi connectivity index (χ3v) is 3.71. The van der Waals surface area contributed by atoms with E-state index in [9.17, 15) is 4.79 Å². The van der Waals surface area contributed by atoms with Gasteiger partial charge in [0.2, 0.25) is 5.91 Å². The fourth-order valence-corrected chi connectivity index (χ4v) is 2.73. The number of carbonyl (C=O) groups excluding carboxylic acids is 1. The molecule has 1 amide bonds. The zero-order valence-electron chi connectivity index (χ0n) is 11.8. The summed E-state index contributed by atoms with van der Waals surface area (Å²) in [5, 5.41) is 3.39. The monoisotopic (exact) mass is 260 g/mol. The highest BCUT2D eigenvalue weighted by Crippen LogP contribution is 2.27. The largest absolute Gasteiger partial charge is 0.334 e. The summed E-state index contributed by atoms with van der Waals surface area (Å²) in [6.45, 7) is 4.84. The minimum Gasteiger partial charge on any atom is -0.334 e. The van der Waals surface area contributed by atoms with Crippen LogP contribution >= 0.6 is 0 Å². The quantitative estimate of drug-likeness (QED) is 0.906. The Labute approximate surface area is 116 Å². The number of hydrogen-bond donors (Lipinski definition) is 1. The number of rotatable bonds is 3. The first-order chi connectivity index (χ1) is 9.33. The van der Waals surface area contributed by atoms with Crippen molar-refractivity contribution in [1.82, 2.24) is 10.2 Å². The molecule has 1 aromatic rings. The molecule has 19 heavy (non-hydrogen) atoms. The summed E-state index contributed by atoms with van der Waals surface area (Å²) in [6.07, 6.45) is 3.75. The Kier molecular flexibility index (Phi) is 5.40. The molecule has 1 N–H and O–H groups in total. The Morgan fingerprint density at radius 2 is 2.11 bits per heavy atom. The minimum absolute atomic E-state index is 0.252. The number of amides is 1. The maximum atomic E-state index is 12.3. The van der Waals surface area contributed by atoms with Gasteiger partial charge in [0.15, 0.2) is 0 Å². The molecule has 1 unspecified atom stereocenters. The van der Waals surface area contributed by atoms with Crippen LogP contribution in [0.1, 0.15) is 44.2 Å². The molecule has 0 bridgehead atoms. The standard InChI is InChI=1S/C16H24N2O/c1-2-7-16(19)18-13-12-17-11-6-10-15(18)14-8-4-3-5-9-14/h3-5,8-9,15,17H,2,6-7,10-13H2,1H3. The van der Waals surface area contributed by atoms with Crippen molar-refractivity contribution >= 4 is 5.91 Å². The Morgan fingerprint density at radius 1 is 1.32 bits per heavy atom. The van der Waals surface area contributed by atoms with E-state index in [1.165, 1.54) is 5.56 Å². The van der Waals surface area contributed by atoms with Gasteiger partial charge in [-0.3, -0.25) is 4.79 Å². The zero-order chi connectivity index (χ0) is 13.5. The van der Waals surface area contributed by atoms with Crippen molar-refractivity contribution in [3.63, 3.8) is 0 Å². The van der Waals surface area contributed by atoms with Gasteiger partial charge in [-0.2, -0.15) is 0 Å². The SMILES string of the molecule is CCCC(=O)N1CCNCCCC1c1ccccc1. The van der Waals surface area contributed by atoms with Crippen LogP contribution in [0.15, 0.2) is 30.3 Å². The summed E-state index contributed by atoms with van der Waals surface area (Å²) in [5.74, 6) is 0.292. The maximum Gasteiger partial charge on any atom is 0.223 e. The third-order valence-electron chi connectivity index (χ3n) is 3.71. The van der Waals surface area contributed by atoms with Crippen LogP contribution in [-0.2, 0) is 4.79 Å². The van der Waals surface area contributed by atoms with Gasteiger partial charge in [0, 0.05) is 19.5 Å². The normalized spacial score (nSPS) is 20.7. The van der Waals surface area contributed by atoms with Crippen molar-refractivity contribution < 1.29 is 4.79 Å². The lowest BCUT2D eigenvalue weighted by Crippen LogP contribution is -2.41. The lowest BCUT2D eigenvalue weighted by molar-refractivity contribution is -0.134. The van der Waals surface area contributed by atoms with E-state index in [0.29, 0.717) is 12.3 Å². The summed E-state index contributed by atoms with van der Waals surface area (Å²) in [5.41, 5.74) is 1.27. The average molecular weight is 260 g/mol. The van der Waals surface area contributed by atoms with Crippen LogP contribution < -0.4 is 5.32 Å². The van der Waals surface area contributed by atoms with Crippen LogP contribution in [0.3, 0.4) is 0 Å². The number of nitrogens with zero attached hydrogens (tertiary/aromatic N) is 1. The smallest absolute Gasteiger partial charge is 0.223 e. The molecular weight excluding hydrogens is 236 g/mol. The van der Waals surface area contributed by atoms with Crippen molar-refractivity contribution in [2.24, 2.45) is 0 Å². The van der Waals surface area contributed by atoms with Crippen LogP contribution in [0.25, 0.3) is 0 Å². The molecule has 3 heteroatoms. The van der Waals surface area contributed by atoms with E-state index in [1.54, 1.807) is 0 Å². The Morgan fingerprint density at radius 3 is 2.84 bits per heavy atom. The Hall–Kier alpha value is -1.35. The molecule has 0 aliphatic carbocycles. The summed E-state index contributed by atoms with van der Waals surface area (Å²) in [7, 11) is 0. The van der Waals surface area contributed by atoms with Crippen LogP contribution in [0, 0.1) is 0 Å². The summed E-state index contributed by atoms with van der Waals surface area (Å²) in [6, 6.07) is 10.7. The van der Waals surface area contributed by atoms with Gasteiger partial charge in [-0.25, -0.2) is 0 Å². The van der Waals surface area contributed by atoms with Gasteiger partial charge in [-0.15, -0.1) is 0 Å². The van der Waals surface area contributed by atoms with Gasteiger partial charge in [0.25, 0.3) is 0 Å². The number of benzene rings is 1. The Bertz CT molecular complexity index is 391. The van der Waals surface area contributed by atoms with Crippen molar-refractivity contribution in [2.45, 2.75) is 38.6 Å². The summed E-state index contributed by atoms with van der Waals surface area (Å²) < 4.78 is 0. The molecule has 0 spiro atoms. The lowest BCUT2D eigenvalue weighted by Gasteiger charge is -2.34. The van der Waals surface area contributed by atoms with E-state index in [-0.39, 0.29) is 6.04 Å². The van der Waals surface area contributed by atoms with E-state index in [2.05, 4.69) is 41.4 Å². The minimum atomic E-state index is 0.252. The second kappa shape index (κ2) is 7.29. The van der Waals surface area contributed by atoms with Gasteiger partial charge >= 0.3 is 0 Å². The molecule has 0 radical (unpaired) electrons. The predicted molar refractivity (Wildman–Crippen MR) is 77.9 cm³/mol. The van der Waals surface area contributed by atoms with Gasteiger partial charge < -0.3 is 10.2 Å². The van der Waals surface area contributed by atoms with Crippen LogP contribution in [0.5, 0.6) is 0 Å². The molecule has 1 saturated heterocycles. The van der Waals surface area contributed by atoms with Gasteiger partial charge in [-0.05, 0) is 31.4 Å². The van der Waals surface area contributed by atoms with Gasteiger partial charge in [0.1, 0.15) is 0 Å². The fraction of sp³-hybridized carbons (Fsp3) is 0.562. The highest BCUT2D eigenvalue weighted by Gasteiger charge is 2.24. The average Bonchev–Trinajstić information content (AvgIpc) is 2.40. The summed E-state index contributed by atoms with van der Waals surface area (Å²) >= 11 is 0. The molecule has 1 fully saturated rings. The molecule has 2 rings (SSSR count). The molecule has 1 aliphatic heterocycles. The fourth-order valence-electron chi connectivity index (χ4n) is 2.73. The second-order valence-electron chi connectivity index (χ2n) is 5.16. The second-order valence-corrected chi connectivity index (χ2v) is 5.16. The molecule has 0 aromatic heterocycles. The van der Waals surface area contributed by atoms with Crippen LogP contribution in [-0.4, -0.2) is 30.4 Å². The third kappa shape index (κ3) is 3.80. The van der Waals surface area contributed by atoms with Crippen molar-refractivity contribution in [2.75, 3.05) is 19.6 Å². The molecule has 1 heterocycles. The topological polar surface area (TPSA) is 32.3 Å². The Balaban J connectivity index is 2.19. The van der Waals surface area contributed by atoms with Crippen molar-refractivity contribution in [3.05, 3.63) is 35.9 Å². The molecule has 1 atom stereocenters. The molecule has 1 aromatic carbocycles. The molecule has 0 saturated carbocycles. The first-order valence-corrected chi connectivity index (χ1v) is 7.38. The molecular formula is C16H24N2O. The molecule has 104 valence electrons. The van der Waals surface area contributed by atoms with E-state index in [0.717, 1.165) is 38.9 Å². The highest BCUT2D eigenvalue weighted by molar-refractivity contribution is 5.76. The van der Waals surface area contributed by atoms with Gasteiger partial charge in [0.05, 0.1) is 6.04 Å². The van der Waals surface area contributed by atoms with Crippen LogP contribution in [0.2, 0.25) is 0 Å². The number of hydrogen-bond acceptors (Lipinski definition) is 2. The lowest BCUT2D eigenvalue weighted by atomic mass is 9.98. The van der Waals surface area contributed by atoms with Gasteiger partial charge in [-0.1, -0.05) is 37.3 Å².